The Labute approximate surface area is 129 Å². The predicted octanol–water partition coefficient (Wildman–Crippen LogP) is 2.81. The molecule has 1 amide bonds. The molecule has 6 nitrogen and oxygen atoms in total. The number of hydrogen-bond acceptors (Lipinski definition) is 4. The van der Waals surface area contributed by atoms with E-state index in [9.17, 15) is 9.59 Å². The van der Waals surface area contributed by atoms with Crippen LogP contribution in [0.2, 0.25) is 0 Å². The summed E-state index contributed by atoms with van der Waals surface area (Å²) in [5.74, 6) is -1.43. The highest BCUT2D eigenvalue weighted by molar-refractivity contribution is 9.10. The Hall–Kier alpha value is -2.28. The summed E-state index contributed by atoms with van der Waals surface area (Å²) in [7, 11) is 0. The van der Waals surface area contributed by atoms with Crippen LogP contribution >= 0.6 is 15.9 Å². The summed E-state index contributed by atoms with van der Waals surface area (Å²) in [6, 6.07) is 6.11. The van der Waals surface area contributed by atoms with E-state index in [1.54, 1.807) is 26.0 Å². The normalized spacial score (nSPS) is 10.2. The second-order valence-electron chi connectivity index (χ2n) is 4.47. The van der Waals surface area contributed by atoms with Crippen LogP contribution in [0.15, 0.2) is 28.7 Å². The maximum atomic E-state index is 12.2. The van der Waals surface area contributed by atoms with E-state index in [0.29, 0.717) is 27.1 Å². The number of rotatable bonds is 3. The topological polar surface area (TPSA) is 92.2 Å². The van der Waals surface area contributed by atoms with Crippen LogP contribution in [0.1, 0.15) is 32.1 Å². The van der Waals surface area contributed by atoms with Crippen LogP contribution in [0.25, 0.3) is 0 Å². The summed E-state index contributed by atoms with van der Waals surface area (Å²) >= 11 is 3.22. The van der Waals surface area contributed by atoms with Crippen LogP contribution in [-0.2, 0) is 0 Å². The third kappa shape index (κ3) is 3.63. The maximum Gasteiger partial charge on any atom is 0.335 e. The van der Waals surface area contributed by atoms with Gasteiger partial charge in [0, 0.05) is 10.2 Å². The number of amides is 1. The zero-order valence-electron chi connectivity index (χ0n) is 11.3. The molecule has 1 heterocycles. The van der Waals surface area contributed by atoms with Gasteiger partial charge in [-0.3, -0.25) is 4.79 Å². The highest BCUT2D eigenvalue weighted by atomic mass is 79.9. The predicted molar refractivity (Wildman–Crippen MR) is 80.6 cm³/mol. The second-order valence-corrected chi connectivity index (χ2v) is 5.39. The van der Waals surface area contributed by atoms with Gasteiger partial charge in [-0.25, -0.2) is 4.79 Å². The molecule has 0 atom stereocenters. The van der Waals surface area contributed by atoms with Crippen LogP contribution in [0.4, 0.5) is 5.69 Å². The zero-order valence-corrected chi connectivity index (χ0v) is 12.9. The number of nitrogens with zero attached hydrogens (tertiary/aromatic N) is 2. The van der Waals surface area contributed by atoms with Gasteiger partial charge >= 0.3 is 5.97 Å². The number of benzene rings is 1. The average Bonchev–Trinajstić information content (AvgIpc) is 2.40. The number of hydrogen-bond donors (Lipinski definition) is 2. The number of halogens is 1. The van der Waals surface area contributed by atoms with Crippen molar-refractivity contribution < 1.29 is 14.7 Å². The van der Waals surface area contributed by atoms with E-state index < -0.39 is 5.97 Å². The van der Waals surface area contributed by atoms with Gasteiger partial charge in [0.05, 0.1) is 22.5 Å². The molecule has 0 radical (unpaired) electrons. The zero-order chi connectivity index (χ0) is 15.6. The lowest BCUT2D eigenvalue weighted by Gasteiger charge is -2.09. The summed E-state index contributed by atoms with van der Waals surface area (Å²) in [4.78, 5) is 23.2. The van der Waals surface area contributed by atoms with Crippen LogP contribution in [0.5, 0.6) is 0 Å². The lowest BCUT2D eigenvalue weighted by molar-refractivity contribution is 0.0696. The van der Waals surface area contributed by atoms with Crippen LogP contribution in [-0.4, -0.2) is 27.2 Å². The number of carbonyl (C=O) groups is 2. The molecule has 7 heteroatoms. The molecule has 0 spiro atoms. The summed E-state index contributed by atoms with van der Waals surface area (Å²) in [5.41, 5.74) is 2.01. The van der Waals surface area contributed by atoms with Gasteiger partial charge in [0.15, 0.2) is 0 Å². The van der Waals surface area contributed by atoms with E-state index in [-0.39, 0.29) is 11.5 Å². The number of anilines is 1. The number of aromatic carboxylic acids is 1. The molecular formula is C14H12BrN3O3. The van der Waals surface area contributed by atoms with E-state index in [1.165, 1.54) is 12.1 Å². The number of carbonyl (C=O) groups excluding carboxylic acids is 1. The molecule has 1 aromatic heterocycles. The molecule has 21 heavy (non-hydrogen) atoms. The van der Waals surface area contributed by atoms with Crippen molar-refractivity contribution in [1.29, 1.82) is 0 Å². The van der Waals surface area contributed by atoms with Crippen molar-refractivity contribution in [3.63, 3.8) is 0 Å². The van der Waals surface area contributed by atoms with Gasteiger partial charge in [0.25, 0.3) is 5.91 Å². The third-order valence-corrected chi connectivity index (χ3v) is 3.21. The largest absolute Gasteiger partial charge is 0.478 e. The molecule has 0 fully saturated rings. The van der Waals surface area contributed by atoms with Gasteiger partial charge < -0.3 is 10.4 Å². The maximum absolute atomic E-state index is 12.2. The van der Waals surface area contributed by atoms with Gasteiger partial charge in [-0.05, 0) is 38.1 Å². The van der Waals surface area contributed by atoms with E-state index in [1.807, 2.05) is 0 Å². The van der Waals surface area contributed by atoms with Gasteiger partial charge in [0.2, 0.25) is 0 Å². The molecule has 2 rings (SSSR count). The summed E-state index contributed by atoms with van der Waals surface area (Å²) in [5, 5.41) is 19.4. The monoisotopic (exact) mass is 349 g/mol. The molecule has 0 saturated heterocycles. The SMILES string of the molecule is Cc1cc(C(=O)Nc2cc(Br)cc(C(=O)O)c2)c(C)nn1. The highest BCUT2D eigenvalue weighted by Crippen LogP contribution is 2.20. The van der Waals surface area contributed by atoms with Crippen LogP contribution in [0, 0.1) is 13.8 Å². The number of aryl methyl sites for hydroxylation is 2. The first-order valence-corrected chi connectivity index (χ1v) is 6.82. The molecule has 2 N–H and O–H groups in total. The molecule has 0 aliphatic carbocycles. The lowest BCUT2D eigenvalue weighted by Crippen LogP contribution is -2.15. The molecule has 0 saturated carbocycles. The van der Waals surface area contributed by atoms with Crippen LogP contribution in [0.3, 0.4) is 0 Å². The minimum atomic E-state index is -1.07. The molecular weight excluding hydrogens is 338 g/mol. The van der Waals surface area contributed by atoms with Crippen molar-refractivity contribution in [2.75, 3.05) is 5.32 Å². The van der Waals surface area contributed by atoms with Gasteiger partial charge in [0.1, 0.15) is 0 Å². The molecule has 0 bridgehead atoms. The van der Waals surface area contributed by atoms with Crippen LogP contribution < -0.4 is 5.32 Å². The number of aromatic nitrogens is 2. The Bertz CT molecular complexity index is 731. The minimum absolute atomic E-state index is 0.0837. The average molecular weight is 350 g/mol. The molecule has 0 aliphatic rings. The van der Waals surface area contributed by atoms with Crippen molar-refractivity contribution in [3.8, 4) is 0 Å². The van der Waals surface area contributed by atoms with Crippen molar-refractivity contribution in [2.24, 2.45) is 0 Å². The fourth-order valence-corrected chi connectivity index (χ4v) is 2.26. The van der Waals surface area contributed by atoms with Gasteiger partial charge in [-0.1, -0.05) is 15.9 Å². The Morgan fingerprint density at radius 1 is 1.14 bits per heavy atom. The van der Waals surface area contributed by atoms with Crippen molar-refractivity contribution in [2.45, 2.75) is 13.8 Å². The van der Waals surface area contributed by atoms with Gasteiger partial charge in [-0.15, -0.1) is 0 Å². The summed E-state index contributed by atoms with van der Waals surface area (Å²) in [6.45, 7) is 3.43. The quantitative estimate of drug-likeness (QED) is 0.888. The standard InChI is InChI=1S/C14H12BrN3O3/c1-7-3-12(8(2)18-17-7)13(19)16-11-5-9(14(20)21)4-10(15)6-11/h3-6H,1-2H3,(H,16,19)(H,20,21). The fourth-order valence-electron chi connectivity index (χ4n) is 1.76. The smallest absolute Gasteiger partial charge is 0.335 e. The first-order valence-electron chi connectivity index (χ1n) is 6.03. The minimum Gasteiger partial charge on any atom is -0.478 e. The summed E-state index contributed by atoms with van der Waals surface area (Å²) in [6.07, 6.45) is 0. The van der Waals surface area contributed by atoms with E-state index in [2.05, 4.69) is 31.4 Å². The number of carboxylic acid groups (broad SMARTS) is 1. The van der Waals surface area contributed by atoms with E-state index in [0.717, 1.165) is 0 Å². The molecule has 2 aromatic rings. The second kappa shape index (κ2) is 6.01. The Morgan fingerprint density at radius 3 is 2.52 bits per heavy atom. The lowest BCUT2D eigenvalue weighted by atomic mass is 10.1. The highest BCUT2D eigenvalue weighted by Gasteiger charge is 2.13. The van der Waals surface area contributed by atoms with E-state index in [4.69, 9.17) is 5.11 Å². The molecule has 1 aromatic carbocycles. The Kier molecular flexibility index (Phi) is 4.32. The number of nitrogens with one attached hydrogen (secondary N) is 1. The Balaban J connectivity index is 2.31. The van der Waals surface area contributed by atoms with Crippen molar-refractivity contribution in [3.05, 3.63) is 51.3 Å². The van der Waals surface area contributed by atoms with E-state index >= 15 is 0 Å². The molecule has 0 unspecified atom stereocenters. The van der Waals surface area contributed by atoms with Gasteiger partial charge in [-0.2, -0.15) is 10.2 Å². The summed E-state index contributed by atoms with van der Waals surface area (Å²) < 4.78 is 0.568. The number of carboxylic acids is 1. The Morgan fingerprint density at radius 2 is 1.86 bits per heavy atom. The van der Waals surface area contributed by atoms with Crippen molar-refractivity contribution in [1.82, 2.24) is 10.2 Å². The third-order valence-electron chi connectivity index (χ3n) is 2.75. The van der Waals surface area contributed by atoms with Crippen molar-refractivity contribution >= 4 is 33.5 Å². The molecule has 108 valence electrons. The molecule has 0 aliphatic heterocycles. The fraction of sp³-hybridized carbons (Fsp3) is 0.143. The first kappa shape index (κ1) is 15.1. The first-order chi connectivity index (χ1) is 9.86.